The number of aliphatic carboxylic acids is 1. The highest BCUT2D eigenvalue weighted by atomic mass is 35.5. The van der Waals surface area contributed by atoms with Crippen molar-refractivity contribution in [3.8, 4) is 0 Å². The highest BCUT2D eigenvalue weighted by Gasteiger charge is 2.48. The minimum Gasteiger partial charge on any atom is -0.480 e. The van der Waals surface area contributed by atoms with Crippen molar-refractivity contribution in [1.29, 1.82) is 0 Å². The van der Waals surface area contributed by atoms with Crippen LogP contribution in [0.1, 0.15) is 31.2 Å². The average Bonchev–Trinajstić information content (AvgIpc) is 3.21. The molecule has 124 valence electrons. The van der Waals surface area contributed by atoms with Crippen molar-refractivity contribution in [3.63, 3.8) is 0 Å². The predicted octanol–water partition coefficient (Wildman–Crippen LogP) is 2.11. The number of hydrogen-bond acceptors (Lipinski definition) is 3. The summed E-state index contributed by atoms with van der Waals surface area (Å²) in [6, 6.07) is 7.71. The van der Waals surface area contributed by atoms with Gasteiger partial charge in [-0.25, -0.2) is 0 Å². The molecule has 3 atom stereocenters. The van der Waals surface area contributed by atoms with E-state index < -0.39 is 5.97 Å². The minimum atomic E-state index is -0.876. The number of likely N-dealkylation sites (tertiary alicyclic amines) is 1. The molecule has 1 aliphatic carbocycles. The minimum absolute atomic E-state index is 0.0373. The molecule has 0 bridgehead atoms. The summed E-state index contributed by atoms with van der Waals surface area (Å²) in [6.07, 6.45) is 1.65. The molecule has 3 rings (SSSR count). The first-order chi connectivity index (χ1) is 10.9. The van der Waals surface area contributed by atoms with Crippen molar-refractivity contribution < 1.29 is 14.7 Å². The highest BCUT2D eigenvalue weighted by Crippen LogP contribution is 2.49. The van der Waals surface area contributed by atoms with Gasteiger partial charge in [-0.1, -0.05) is 23.7 Å². The number of carbonyl (C=O) groups is 2. The Hall–Kier alpha value is -1.59. The molecular weight excluding hydrogens is 316 g/mol. The number of nitrogens with zero attached hydrogens (tertiary/aromatic N) is 1. The lowest BCUT2D eigenvalue weighted by molar-refractivity contribution is -0.136. The number of halogens is 1. The van der Waals surface area contributed by atoms with Crippen molar-refractivity contribution in [2.24, 2.45) is 5.92 Å². The number of carboxylic acids is 1. The molecule has 1 saturated carbocycles. The van der Waals surface area contributed by atoms with E-state index in [4.69, 9.17) is 16.7 Å². The maximum Gasteiger partial charge on any atom is 0.317 e. The zero-order valence-electron chi connectivity index (χ0n) is 13.1. The number of rotatable bonds is 5. The van der Waals surface area contributed by atoms with E-state index in [1.54, 1.807) is 0 Å². The van der Waals surface area contributed by atoms with E-state index in [1.807, 2.05) is 36.1 Å². The van der Waals surface area contributed by atoms with Gasteiger partial charge in [0, 0.05) is 29.6 Å². The van der Waals surface area contributed by atoms with E-state index in [1.165, 1.54) is 0 Å². The van der Waals surface area contributed by atoms with Gasteiger partial charge in [-0.2, -0.15) is 0 Å². The van der Waals surface area contributed by atoms with Gasteiger partial charge in [0.2, 0.25) is 5.91 Å². The normalized spacial score (nSPS) is 29.6. The van der Waals surface area contributed by atoms with Gasteiger partial charge < -0.3 is 10.0 Å². The maximum absolute atomic E-state index is 12.7. The van der Waals surface area contributed by atoms with Crippen molar-refractivity contribution in [3.05, 3.63) is 34.9 Å². The van der Waals surface area contributed by atoms with Crippen LogP contribution in [0.4, 0.5) is 0 Å². The molecule has 2 N–H and O–H groups in total. The zero-order valence-corrected chi connectivity index (χ0v) is 13.8. The summed E-state index contributed by atoms with van der Waals surface area (Å²) in [5.74, 6) is -0.398. The molecule has 1 heterocycles. The maximum atomic E-state index is 12.7. The van der Waals surface area contributed by atoms with Crippen molar-refractivity contribution in [2.75, 3.05) is 19.6 Å². The molecular formula is C17H21ClN2O3. The third kappa shape index (κ3) is 3.67. The Labute approximate surface area is 140 Å². The summed E-state index contributed by atoms with van der Waals surface area (Å²) >= 11 is 6.02. The van der Waals surface area contributed by atoms with Crippen LogP contribution in [0.15, 0.2) is 24.3 Å². The van der Waals surface area contributed by atoms with Crippen LogP contribution in [0.25, 0.3) is 0 Å². The van der Waals surface area contributed by atoms with Crippen molar-refractivity contribution in [1.82, 2.24) is 10.2 Å². The van der Waals surface area contributed by atoms with Crippen molar-refractivity contribution in [2.45, 2.75) is 31.2 Å². The van der Waals surface area contributed by atoms with Gasteiger partial charge in [0.25, 0.3) is 0 Å². The number of benzene rings is 1. The number of hydrogen-bond donors (Lipinski definition) is 2. The Kier molecular flexibility index (Phi) is 4.34. The zero-order chi connectivity index (χ0) is 16.6. The van der Waals surface area contributed by atoms with Gasteiger partial charge >= 0.3 is 5.97 Å². The highest BCUT2D eigenvalue weighted by molar-refractivity contribution is 6.30. The Balaban J connectivity index is 1.57. The van der Waals surface area contributed by atoms with Crippen LogP contribution in [0.2, 0.25) is 5.02 Å². The fourth-order valence-corrected chi connectivity index (χ4v) is 3.59. The molecule has 2 fully saturated rings. The third-order valence-corrected chi connectivity index (χ3v) is 5.07. The molecule has 1 amide bonds. The standard InChI is InChI=1S/C17H21ClN2O3/c1-17(19-9-15(21)22)5-6-20(10-17)16(23)14-8-13(14)11-3-2-4-12(18)7-11/h2-4,7,13-14,19H,5-6,8-10H2,1H3,(H,21,22)/t13-,14-,17+/m1/s1. The summed E-state index contributed by atoms with van der Waals surface area (Å²) in [6.45, 7) is 3.15. The van der Waals surface area contributed by atoms with E-state index in [0.717, 1.165) is 18.4 Å². The second-order valence-corrected chi connectivity index (χ2v) is 7.26. The van der Waals surface area contributed by atoms with E-state index in [-0.39, 0.29) is 29.8 Å². The topological polar surface area (TPSA) is 69.6 Å². The fourth-order valence-electron chi connectivity index (χ4n) is 3.39. The lowest BCUT2D eigenvalue weighted by Gasteiger charge is -2.25. The first-order valence-corrected chi connectivity index (χ1v) is 8.27. The summed E-state index contributed by atoms with van der Waals surface area (Å²) in [7, 11) is 0. The predicted molar refractivity (Wildman–Crippen MR) is 87.5 cm³/mol. The van der Waals surface area contributed by atoms with Gasteiger partial charge in [0.1, 0.15) is 0 Å². The molecule has 0 unspecified atom stereocenters. The molecule has 1 aliphatic heterocycles. The molecule has 6 heteroatoms. The Bertz CT molecular complexity index is 636. The molecule has 0 spiro atoms. The Morgan fingerprint density at radius 1 is 1.48 bits per heavy atom. The molecule has 1 aromatic carbocycles. The fraction of sp³-hybridized carbons (Fsp3) is 0.529. The van der Waals surface area contributed by atoms with Crippen molar-refractivity contribution >= 4 is 23.5 Å². The molecule has 1 saturated heterocycles. The quantitative estimate of drug-likeness (QED) is 0.864. The number of nitrogens with one attached hydrogen (secondary N) is 1. The van der Waals surface area contributed by atoms with Crippen LogP contribution in [0, 0.1) is 5.92 Å². The van der Waals surface area contributed by atoms with Crippen LogP contribution in [-0.4, -0.2) is 47.1 Å². The average molecular weight is 337 g/mol. The molecule has 0 aromatic heterocycles. The van der Waals surface area contributed by atoms with Gasteiger partial charge in [0.15, 0.2) is 0 Å². The van der Waals surface area contributed by atoms with E-state index >= 15 is 0 Å². The van der Waals surface area contributed by atoms with Gasteiger partial charge in [0.05, 0.1) is 6.54 Å². The summed E-state index contributed by atoms with van der Waals surface area (Å²) in [5.41, 5.74) is 0.816. The second kappa shape index (κ2) is 6.13. The molecule has 2 aliphatic rings. The lowest BCUT2D eigenvalue weighted by atomic mass is 10.0. The number of amides is 1. The van der Waals surface area contributed by atoms with E-state index in [2.05, 4.69) is 5.32 Å². The van der Waals surface area contributed by atoms with Gasteiger partial charge in [-0.15, -0.1) is 0 Å². The summed E-state index contributed by atoms with van der Waals surface area (Å²) < 4.78 is 0. The molecule has 1 aromatic rings. The summed E-state index contributed by atoms with van der Waals surface area (Å²) in [5, 5.41) is 12.5. The third-order valence-electron chi connectivity index (χ3n) is 4.84. The van der Waals surface area contributed by atoms with Crippen LogP contribution in [0.5, 0.6) is 0 Å². The molecule has 0 radical (unpaired) electrons. The first-order valence-electron chi connectivity index (χ1n) is 7.89. The van der Waals surface area contributed by atoms with Crippen LogP contribution in [-0.2, 0) is 9.59 Å². The largest absolute Gasteiger partial charge is 0.480 e. The van der Waals surface area contributed by atoms with Crippen LogP contribution in [0.3, 0.4) is 0 Å². The molecule has 23 heavy (non-hydrogen) atoms. The SMILES string of the molecule is C[C@]1(NCC(=O)O)CCN(C(=O)[C@@H]2C[C@@H]2c2cccc(Cl)c2)C1. The first kappa shape index (κ1) is 16.3. The Morgan fingerprint density at radius 3 is 2.96 bits per heavy atom. The second-order valence-electron chi connectivity index (χ2n) is 6.82. The smallest absolute Gasteiger partial charge is 0.317 e. The summed E-state index contributed by atoms with van der Waals surface area (Å²) in [4.78, 5) is 25.2. The van der Waals surface area contributed by atoms with Gasteiger partial charge in [-0.05, 0) is 43.4 Å². The number of carboxylic acid groups (broad SMARTS) is 1. The number of carbonyl (C=O) groups excluding carboxylic acids is 1. The van der Waals surface area contributed by atoms with E-state index in [9.17, 15) is 9.59 Å². The lowest BCUT2D eigenvalue weighted by Crippen LogP contribution is -2.47. The molecule has 5 nitrogen and oxygen atoms in total. The van der Waals surface area contributed by atoms with Gasteiger partial charge in [-0.3, -0.25) is 14.9 Å². The van der Waals surface area contributed by atoms with E-state index in [0.29, 0.717) is 18.1 Å². The van der Waals surface area contributed by atoms with Crippen LogP contribution < -0.4 is 5.32 Å². The van der Waals surface area contributed by atoms with Crippen LogP contribution >= 0.6 is 11.6 Å². The Morgan fingerprint density at radius 2 is 2.26 bits per heavy atom. The monoisotopic (exact) mass is 336 g/mol.